The maximum atomic E-state index is 3.98. The fraction of sp³-hybridized carbons (Fsp3) is 0.700. The standard InChI is InChI=1S/C20H33N3/c1-16(20-15-22(2)12-13-23(20)3)21-19(14-17-8-7-9-17)18-10-5-4-6-11-18/h4-6,10-11,16-17,19-21H,7-9,12-15H2,1-3H3. The third-order valence-corrected chi connectivity index (χ3v) is 5.94. The fourth-order valence-electron chi connectivity index (χ4n) is 4.06. The largest absolute Gasteiger partial charge is 0.306 e. The van der Waals surface area contributed by atoms with E-state index in [4.69, 9.17) is 0 Å². The Morgan fingerprint density at radius 2 is 1.87 bits per heavy atom. The van der Waals surface area contributed by atoms with Crippen molar-refractivity contribution in [2.24, 2.45) is 5.92 Å². The van der Waals surface area contributed by atoms with E-state index in [1.807, 2.05) is 0 Å². The van der Waals surface area contributed by atoms with Crippen LogP contribution < -0.4 is 5.32 Å². The molecular weight excluding hydrogens is 282 g/mol. The van der Waals surface area contributed by atoms with Gasteiger partial charge in [-0.15, -0.1) is 0 Å². The van der Waals surface area contributed by atoms with Crippen molar-refractivity contribution >= 4 is 0 Å². The van der Waals surface area contributed by atoms with Gasteiger partial charge in [0.2, 0.25) is 0 Å². The Morgan fingerprint density at radius 1 is 1.13 bits per heavy atom. The van der Waals surface area contributed by atoms with Crippen LogP contribution in [0.5, 0.6) is 0 Å². The van der Waals surface area contributed by atoms with E-state index in [1.54, 1.807) is 0 Å². The molecule has 1 saturated carbocycles. The number of benzene rings is 1. The molecule has 2 aliphatic rings. The average molecular weight is 316 g/mol. The molecule has 1 aromatic carbocycles. The Morgan fingerprint density at radius 3 is 2.52 bits per heavy atom. The molecule has 3 heteroatoms. The molecule has 0 aromatic heterocycles. The summed E-state index contributed by atoms with van der Waals surface area (Å²) in [6.45, 7) is 5.89. The van der Waals surface area contributed by atoms with Crippen LogP contribution in [0.2, 0.25) is 0 Å². The van der Waals surface area contributed by atoms with Crippen LogP contribution in [-0.4, -0.2) is 55.6 Å². The van der Waals surface area contributed by atoms with Gasteiger partial charge in [0.25, 0.3) is 0 Å². The van der Waals surface area contributed by atoms with Crippen molar-refractivity contribution in [2.45, 2.75) is 50.7 Å². The number of piperazine rings is 1. The fourth-order valence-corrected chi connectivity index (χ4v) is 4.06. The van der Waals surface area contributed by atoms with Crippen LogP contribution in [0.3, 0.4) is 0 Å². The Hall–Kier alpha value is -0.900. The van der Waals surface area contributed by atoms with Gasteiger partial charge in [-0.25, -0.2) is 0 Å². The Balaban J connectivity index is 1.66. The third kappa shape index (κ3) is 4.34. The molecule has 0 radical (unpaired) electrons. The maximum Gasteiger partial charge on any atom is 0.0371 e. The molecule has 3 unspecified atom stereocenters. The van der Waals surface area contributed by atoms with Crippen LogP contribution in [-0.2, 0) is 0 Å². The van der Waals surface area contributed by atoms with Crippen molar-refractivity contribution < 1.29 is 0 Å². The smallest absolute Gasteiger partial charge is 0.0371 e. The SMILES string of the molecule is CC(NC(CC1CCC1)c1ccccc1)C1CN(C)CCN1C. The monoisotopic (exact) mass is 315 g/mol. The summed E-state index contributed by atoms with van der Waals surface area (Å²) >= 11 is 0. The predicted molar refractivity (Wildman–Crippen MR) is 97.7 cm³/mol. The lowest BCUT2D eigenvalue weighted by atomic mass is 9.79. The van der Waals surface area contributed by atoms with Gasteiger partial charge in [-0.05, 0) is 38.9 Å². The minimum atomic E-state index is 0.497. The quantitative estimate of drug-likeness (QED) is 0.870. The summed E-state index contributed by atoms with van der Waals surface area (Å²) in [6.07, 6.45) is 5.56. The van der Waals surface area contributed by atoms with Gasteiger partial charge < -0.3 is 10.2 Å². The number of hydrogen-bond acceptors (Lipinski definition) is 3. The minimum absolute atomic E-state index is 0.497. The molecule has 1 heterocycles. The molecule has 2 fully saturated rings. The molecule has 3 rings (SSSR count). The van der Waals surface area contributed by atoms with Crippen molar-refractivity contribution in [1.29, 1.82) is 0 Å². The third-order valence-electron chi connectivity index (χ3n) is 5.94. The molecule has 0 bridgehead atoms. The first-order valence-electron chi connectivity index (χ1n) is 9.33. The van der Waals surface area contributed by atoms with Gasteiger partial charge in [0.05, 0.1) is 0 Å². The van der Waals surface area contributed by atoms with Gasteiger partial charge in [0.1, 0.15) is 0 Å². The molecule has 23 heavy (non-hydrogen) atoms. The number of hydrogen-bond donors (Lipinski definition) is 1. The first-order chi connectivity index (χ1) is 11.1. The summed E-state index contributed by atoms with van der Waals surface area (Å²) in [5, 5.41) is 3.98. The highest BCUT2D eigenvalue weighted by Crippen LogP contribution is 2.35. The minimum Gasteiger partial charge on any atom is -0.306 e. The van der Waals surface area contributed by atoms with Crippen molar-refractivity contribution in [1.82, 2.24) is 15.1 Å². The van der Waals surface area contributed by atoms with E-state index in [0.29, 0.717) is 18.1 Å². The van der Waals surface area contributed by atoms with Crippen LogP contribution in [0.1, 0.15) is 44.2 Å². The molecule has 1 N–H and O–H groups in total. The molecule has 3 atom stereocenters. The van der Waals surface area contributed by atoms with E-state index < -0.39 is 0 Å². The molecule has 1 aliphatic carbocycles. The van der Waals surface area contributed by atoms with Gasteiger partial charge in [0.15, 0.2) is 0 Å². The Labute approximate surface area is 142 Å². The van der Waals surface area contributed by atoms with Crippen LogP contribution >= 0.6 is 0 Å². The van der Waals surface area contributed by atoms with Crippen LogP contribution in [0.15, 0.2) is 30.3 Å². The summed E-state index contributed by atoms with van der Waals surface area (Å²) in [7, 11) is 4.52. The molecule has 128 valence electrons. The average Bonchev–Trinajstić information content (AvgIpc) is 2.52. The molecule has 0 spiro atoms. The highest BCUT2D eigenvalue weighted by molar-refractivity contribution is 5.19. The number of nitrogens with zero attached hydrogens (tertiary/aromatic N) is 2. The summed E-state index contributed by atoms with van der Waals surface area (Å²) < 4.78 is 0. The topological polar surface area (TPSA) is 18.5 Å². The van der Waals surface area contributed by atoms with Crippen molar-refractivity contribution in [3.8, 4) is 0 Å². The Kier molecular flexibility index (Phi) is 5.73. The summed E-state index contributed by atoms with van der Waals surface area (Å²) in [6, 6.07) is 12.7. The van der Waals surface area contributed by atoms with Gasteiger partial charge in [-0.2, -0.15) is 0 Å². The lowest BCUT2D eigenvalue weighted by Gasteiger charge is -2.42. The van der Waals surface area contributed by atoms with Gasteiger partial charge in [0, 0.05) is 37.8 Å². The molecule has 1 aliphatic heterocycles. The van der Waals surface area contributed by atoms with E-state index >= 15 is 0 Å². The first-order valence-corrected chi connectivity index (χ1v) is 9.33. The zero-order valence-corrected chi connectivity index (χ0v) is 15.0. The second kappa shape index (κ2) is 7.78. The zero-order chi connectivity index (χ0) is 16.2. The highest BCUT2D eigenvalue weighted by atomic mass is 15.3. The number of rotatable bonds is 6. The summed E-state index contributed by atoms with van der Waals surface area (Å²) in [4.78, 5) is 5.00. The van der Waals surface area contributed by atoms with Crippen LogP contribution in [0.4, 0.5) is 0 Å². The van der Waals surface area contributed by atoms with E-state index in [1.165, 1.54) is 44.3 Å². The molecular formula is C20H33N3. The van der Waals surface area contributed by atoms with Crippen molar-refractivity contribution in [3.05, 3.63) is 35.9 Å². The molecule has 1 aromatic rings. The van der Waals surface area contributed by atoms with E-state index in [9.17, 15) is 0 Å². The van der Waals surface area contributed by atoms with Crippen LogP contribution in [0, 0.1) is 5.92 Å². The number of nitrogens with one attached hydrogen (secondary N) is 1. The predicted octanol–water partition coefficient (Wildman–Crippen LogP) is 3.14. The molecule has 3 nitrogen and oxygen atoms in total. The van der Waals surface area contributed by atoms with Gasteiger partial charge in [-0.1, -0.05) is 49.6 Å². The lowest BCUT2D eigenvalue weighted by molar-refractivity contribution is 0.0863. The van der Waals surface area contributed by atoms with Crippen molar-refractivity contribution in [2.75, 3.05) is 33.7 Å². The normalized spacial score (nSPS) is 26.7. The molecule has 1 saturated heterocycles. The van der Waals surface area contributed by atoms with E-state index in [0.717, 1.165) is 12.5 Å². The highest BCUT2D eigenvalue weighted by Gasteiger charge is 2.30. The maximum absolute atomic E-state index is 3.98. The second-order valence-corrected chi connectivity index (χ2v) is 7.76. The Bertz CT molecular complexity index is 471. The zero-order valence-electron chi connectivity index (χ0n) is 15.0. The van der Waals surface area contributed by atoms with E-state index in [-0.39, 0.29) is 0 Å². The van der Waals surface area contributed by atoms with E-state index in [2.05, 4.69) is 66.5 Å². The van der Waals surface area contributed by atoms with Crippen molar-refractivity contribution in [3.63, 3.8) is 0 Å². The number of likely N-dealkylation sites (N-methyl/N-ethyl adjacent to an activating group) is 2. The lowest BCUT2D eigenvalue weighted by Crippen LogP contribution is -2.58. The summed E-state index contributed by atoms with van der Waals surface area (Å²) in [5.74, 6) is 0.923. The van der Waals surface area contributed by atoms with Crippen LogP contribution in [0.25, 0.3) is 0 Å². The van der Waals surface area contributed by atoms with Gasteiger partial charge in [-0.3, -0.25) is 4.90 Å². The second-order valence-electron chi connectivity index (χ2n) is 7.76. The molecule has 0 amide bonds. The summed E-state index contributed by atoms with van der Waals surface area (Å²) in [5.41, 5.74) is 1.46. The van der Waals surface area contributed by atoms with Gasteiger partial charge >= 0.3 is 0 Å². The first kappa shape index (κ1) is 16.9.